The lowest BCUT2D eigenvalue weighted by atomic mass is 9.96. The number of sulfonamides is 1. The van der Waals surface area contributed by atoms with Gasteiger partial charge in [0.1, 0.15) is 4.21 Å². The molecule has 0 radical (unpaired) electrons. The van der Waals surface area contributed by atoms with Crippen molar-refractivity contribution in [2.45, 2.75) is 50.3 Å². The molecule has 1 unspecified atom stereocenters. The molecular formula is C16H27N3O3S2. The van der Waals surface area contributed by atoms with Crippen LogP contribution in [0.3, 0.4) is 0 Å². The van der Waals surface area contributed by atoms with Crippen molar-refractivity contribution in [1.82, 2.24) is 9.62 Å². The maximum absolute atomic E-state index is 12.7. The molecule has 136 valence electrons. The summed E-state index contributed by atoms with van der Waals surface area (Å²) in [5.74, 6) is -0.00486. The Kier molecular flexibility index (Phi) is 6.06. The Morgan fingerprint density at radius 2 is 2.12 bits per heavy atom. The van der Waals surface area contributed by atoms with Crippen molar-refractivity contribution in [1.29, 1.82) is 0 Å². The van der Waals surface area contributed by atoms with Gasteiger partial charge in [-0.05, 0) is 31.4 Å². The molecular weight excluding hydrogens is 346 g/mol. The summed E-state index contributed by atoms with van der Waals surface area (Å²) < 4.78 is 27.4. The Hall–Kier alpha value is -0.960. The molecule has 2 rings (SSSR count). The molecule has 1 fully saturated rings. The van der Waals surface area contributed by atoms with E-state index in [2.05, 4.69) is 5.32 Å². The molecule has 2 heterocycles. The van der Waals surface area contributed by atoms with E-state index in [1.807, 2.05) is 26.8 Å². The van der Waals surface area contributed by atoms with Gasteiger partial charge in [-0.1, -0.05) is 20.8 Å². The molecule has 6 nitrogen and oxygen atoms in total. The minimum atomic E-state index is -3.46. The summed E-state index contributed by atoms with van der Waals surface area (Å²) >= 11 is 1.28. The van der Waals surface area contributed by atoms with Crippen molar-refractivity contribution in [3.63, 3.8) is 0 Å². The number of amides is 1. The summed E-state index contributed by atoms with van der Waals surface area (Å²) in [7, 11) is -3.46. The van der Waals surface area contributed by atoms with Gasteiger partial charge in [-0.3, -0.25) is 4.79 Å². The lowest BCUT2D eigenvalue weighted by Gasteiger charge is -2.21. The summed E-state index contributed by atoms with van der Waals surface area (Å²) in [6.45, 7) is 6.99. The van der Waals surface area contributed by atoms with E-state index in [9.17, 15) is 13.2 Å². The van der Waals surface area contributed by atoms with E-state index in [0.29, 0.717) is 30.3 Å². The average molecular weight is 374 g/mol. The van der Waals surface area contributed by atoms with E-state index in [4.69, 9.17) is 5.73 Å². The molecule has 24 heavy (non-hydrogen) atoms. The second-order valence-corrected chi connectivity index (χ2v) is 10.4. The van der Waals surface area contributed by atoms with Crippen molar-refractivity contribution in [3.8, 4) is 0 Å². The van der Waals surface area contributed by atoms with Crippen LogP contribution in [0.4, 0.5) is 0 Å². The molecule has 1 aromatic heterocycles. The molecule has 1 aliphatic heterocycles. The highest BCUT2D eigenvalue weighted by Crippen LogP contribution is 2.30. The van der Waals surface area contributed by atoms with Crippen LogP contribution in [0.25, 0.3) is 0 Å². The summed E-state index contributed by atoms with van der Waals surface area (Å²) in [5, 5.41) is 2.88. The van der Waals surface area contributed by atoms with E-state index in [0.717, 1.165) is 17.7 Å². The quantitative estimate of drug-likeness (QED) is 0.791. The van der Waals surface area contributed by atoms with Gasteiger partial charge < -0.3 is 11.1 Å². The number of nitrogens with two attached hydrogens (primary N) is 1. The Labute approximate surface area is 148 Å². The molecule has 0 aliphatic carbocycles. The van der Waals surface area contributed by atoms with Gasteiger partial charge in [-0.15, -0.1) is 11.3 Å². The molecule has 0 spiro atoms. The third-order valence-corrected chi connectivity index (χ3v) is 7.70. The van der Waals surface area contributed by atoms with Crippen LogP contribution in [-0.4, -0.2) is 44.3 Å². The zero-order valence-electron chi connectivity index (χ0n) is 14.5. The minimum absolute atomic E-state index is 0.00486. The predicted molar refractivity (Wildman–Crippen MR) is 96.5 cm³/mol. The van der Waals surface area contributed by atoms with Crippen molar-refractivity contribution in [2.75, 3.05) is 19.6 Å². The van der Waals surface area contributed by atoms with Gasteiger partial charge in [0.25, 0.3) is 10.0 Å². The predicted octanol–water partition coefficient (Wildman–Crippen LogP) is 1.56. The maximum atomic E-state index is 12.7. The molecule has 1 atom stereocenters. The fourth-order valence-corrected chi connectivity index (χ4v) is 5.86. The summed E-state index contributed by atoms with van der Waals surface area (Å²) in [6, 6.07) is 3.40. The normalized spacial score (nSPS) is 19.6. The number of hydrogen-bond donors (Lipinski definition) is 2. The van der Waals surface area contributed by atoms with Gasteiger partial charge >= 0.3 is 0 Å². The van der Waals surface area contributed by atoms with E-state index in [1.165, 1.54) is 15.6 Å². The average Bonchev–Trinajstić information content (AvgIpc) is 3.15. The Morgan fingerprint density at radius 1 is 1.42 bits per heavy atom. The van der Waals surface area contributed by atoms with Gasteiger partial charge in [0.15, 0.2) is 0 Å². The molecule has 0 aromatic carbocycles. The second-order valence-electron chi connectivity index (χ2n) is 7.12. The van der Waals surface area contributed by atoms with E-state index in [-0.39, 0.29) is 11.9 Å². The number of nitrogens with zero attached hydrogens (tertiary/aromatic N) is 1. The Balaban J connectivity index is 1.99. The van der Waals surface area contributed by atoms with Crippen LogP contribution < -0.4 is 11.1 Å². The van der Waals surface area contributed by atoms with Crippen LogP contribution in [0.2, 0.25) is 0 Å². The smallest absolute Gasteiger partial charge is 0.252 e. The Bertz CT molecular complexity index is 677. The van der Waals surface area contributed by atoms with Crippen LogP contribution in [0, 0.1) is 5.41 Å². The third-order valence-electron chi connectivity index (χ3n) is 4.13. The van der Waals surface area contributed by atoms with Crippen molar-refractivity contribution >= 4 is 27.3 Å². The van der Waals surface area contributed by atoms with Crippen LogP contribution in [0.5, 0.6) is 0 Å². The molecule has 1 aromatic rings. The highest BCUT2D eigenvalue weighted by atomic mass is 32.2. The third kappa shape index (κ3) is 4.36. The fourth-order valence-electron chi connectivity index (χ4n) is 2.67. The van der Waals surface area contributed by atoms with Gasteiger partial charge in [0.2, 0.25) is 5.91 Å². The van der Waals surface area contributed by atoms with Crippen LogP contribution in [0.15, 0.2) is 16.3 Å². The Morgan fingerprint density at radius 3 is 2.75 bits per heavy atom. The van der Waals surface area contributed by atoms with Crippen LogP contribution in [-0.2, 0) is 21.2 Å². The van der Waals surface area contributed by atoms with Gasteiger partial charge in [-0.2, -0.15) is 4.31 Å². The molecule has 1 aliphatic rings. The molecule has 3 N–H and O–H groups in total. The van der Waals surface area contributed by atoms with Crippen LogP contribution in [0.1, 0.15) is 38.5 Å². The van der Waals surface area contributed by atoms with E-state index >= 15 is 0 Å². The zero-order chi connectivity index (χ0) is 18.0. The van der Waals surface area contributed by atoms with E-state index in [1.54, 1.807) is 6.07 Å². The lowest BCUT2D eigenvalue weighted by Crippen LogP contribution is -2.39. The van der Waals surface area contributed by atoms with Gasteiger partial charge in [0.05, 0.1) is 0 Å². The number of carbonyl (C=O) groups is 1. The molecule has 1 saturated heterocycles. The fraction of sp³-hybridized carbons (Fsp3) is 0.688. The first-order valence-electron chi connectivity index (χ1n) is 8.25. The largest absolute Gasteiger partial charge is 0.355 e. The monoisotopic (exact) mass is 373 g/mol. The molecule has 1 amide bonds. The van der Waals surface area contributed by atoms with Crippen LogP contribution >= 0.6 is 11.3 Å². The SMILES string of the molecule is CC(C)(C)C(=O)NCCc1ccc(S(=O)(=O)N2CCCC2CN)s1. The van der Waals surface area contributed by atoms with Crippen molar-refractivity contribution in [3.05, 3.63) is 17.0 Å². The van der Waals surface area contributed by atoms with Crippen molar-refractivity contribution < 1.29 is 13.2 Å². The number of nitrogens with one attached hydrogen (secondary N) is 1. The molecule has 0 bridgehead atoms. The van der Waals surface area contributed by atoms with E-state index < -0.39 is 15.4 Å². The van der Waals surface area contributed by atoms with Gasteiger partial charge in [0, 0.05) is 36.0 Å². The first-order chi connectivity index (χ1) is 11.2. The minimum Gasteiger partial charge on any atom is -0.355 e. The van der Waals surface area contributed by atoms with Crippen molar-refractivity contribution in [2.24, 2.45) is 11.1 Å². The first-order valence-corrected chi connectivity index (χ1v) is 10.5. The summed E-state index contributed by atoms with van der Waals surface area (Å²) in [5.41, 5.74) is 5.27. The highest BCUT2D eigenvalue weighted by Gasteiger charge is 2.35. The van der Waals surface area contributed by atoms with Gasteiger partial charge in [-0.25, -0.2) is 8.42 Å². The zero-order valence-corrected chi connectivity index (χ0v) is 16.2. The first kappa shape index (κ1) is 19.4. The summed E-state index contributed by atoms with van der Waals surface area (Å²) in [6.07, 6.45) is 2.31. The molecule has 0 saturated carbocycles. The summed E-state index contributed by atoms with van der Waals surface area (Å²) in [4.78, 5) is 12.8. The number of hydrogen-bond acceptors (Lipinski definition) is 5. The highest BCUT2D eigenvalue weighted by molar-refractivity contribution is 7.91. The number of rotatable bonds is 6. The maximum Gasteiger partial charge on any atom is 0.252 e. The topological polar surface area (TPSA) is 92.5 Å². The lowest BCUT2D eigenvalue weighted by molar-refractivity contribution is -0.128. The number of carbonyl (C=O) groups excluding carboxylic acids is 1. The molecule has 8 heteroatoms. The second kappa shape index (κ2) is 7.51. The standard InChI is InChI=1S/C16H27N3O3S2/c1-16(2,3)15(20)18-9-8-13-6-7-14(23-13)24(21,22)19-10-4-5-12(19)11-17/h6-7,12H,4-5,8-11,17H2,1-3H3,(H,18,20). The number of thiophene rings is 1.